The van der Waals surface area contributed by atoms with Crippen molar-refractivity contribution in [3.63, 3.8) is 0 Å². The molecule has 0 aliphatic heterocycles. The van der Waals surface area contributed by atoms with Crippen LogP contribution in [0.25, 0.3) is 12.2 Å². The third kappa shape index (κ3) is 4.70. The predicted molar refractivity (Wildman–Crippen MR) is 100 cm³/mol. The number of benzene rings is 2. The van der Waals surface area contributed by atoms with Crippen molar-refractivity contribution in [2.24, 2.45) is 0 Å². The van der Waals surface area contributed by atoms with E-state index in [4.69, 9.17) is 20.9 Å². The first-order valence-corrected chi connectivity index (χ1v) is 8.21. The Morgan fingerprint density at radius 3 is 2.81 bits per heavy atom. The van der Waals surface area contributed by atoms with E-state index in [1.54, 1.807) is 24.3 Å². The minimum absolute atomic E-state index is 0.0294. The maximum absolute atomic E-state index is 12.2. The molecule has 0 bridgehead atoms. The lowest BCUT2D eigenvalue weighted by atomic mass is 10.2. The van der Waals surface area contributed by atoms with Crippen LogP contribution in [0.1, 0.15) is 17.3 Å². The minimum Gasteiger partial charge on any atom is -0.495 e. The van der Waals surface area contributed by atoms with Crippen LogP contribution in [-0.2, 0) is 11.2 Å². The Hall–Kier alpha value is -3.12. The van der Waals surface area contributed by atoms with Gasteiger partial charge in [0, 0.05) is 11.1 Å². The molecule has 1 heterocycles. The Labute approximate surface area is 155 Å². The van der Waals surface area contributed by atoms with Crippen LogP contribution in [0, 0.1) is 0 Å². The molecule has 3 rings (SSSR count). The number of carbonyl (C=O) groups is 1. The zero-order valence-electron chi connectivity index (χ0n) is 14.0. The first kappa shape index (κ1) is 17.7. The molecule has 0 saturated carbocycles. The molecule has 1 N–H and O–H groups in total. The van der Waals surface area contributed by atoms with Crippen molar-refractivity contribution in [2.75, 3.05) is 12.4 Å². The summed E-state index contributed by atoms with van der Waals surface area (Å²) in [5, 5.41) is 7.04. The highest BCUT2D eigenvalue weighted by molar-refractivity contribution is 6.31. The average Bonchev–Trinajstić information content (AvgIpc) is 3.08. The largest absolute Gasteiger partial charge is 0.495 e. The summed E-state index contributed by atoms with van der Waals surface area (Å²) in [7, 11) is 1.52. The average molecular weight is 370 g/mol. The number of hydrogen-bond donors (Lipinski definition) is 1. The van der Waals surface area contributed by atoms with E-state index in [2.05, 4.69) is 15.5 Å². The highest BCUT2D eigenvalue weighted by Gasteiger charge is 2.12. The second-order valence-electron chi connectivity index (χ2n) is 5.36. The van der Waals surface area contributed by atoms with Crippen molar-refractivity contribution in [3.05, 3.63) is 70.8 Å². The van der Waals surface area contributed by atoms with E-state index >= 15 is 0 Å². The van der Waals surface area contributed by atoms with Crippen molar-refractivity contribution >= 4 is 35.3 Å². The molecule has 3 aromatic rings. The fourth-order valence-electron chi connectivity index (χ4n) is 2.25. The fraction of sp³-hybridized carbons (Fsp3) is 0.105. The number of ether oxygens (including phenoxy) is 1. The summed E-state index contributed by atoms with van der Waals surface area (Å²) in [5.74, 6) is 0.834. The van der Waals surface area contributed by atoms with Gasteiger partial charge in [0.25, 0.3) is 5.89 Å². The molecule has 6 nitrogen and oxygen atoms in total. The Bertz CT molecular complexity index is 923. The summed E-state index contributed by atoms with van der Waals surface area (Å²) < 4.78 is 10.3. The summed E-state index contributed by atoms with van der Waals surface area (Å²) in [4.78, 5) is 16.4. The molecule has 0 aliphatic rings. The molecule has 0 unspecified atom stereocenters. The van der Waals surface area contributed by atoms with Gasteiger partial charge in [-0.15, -0.1) is 0 Å². The molecule has 0 spiro atoms. The highest BCUT2D eigenvalue weighted by atomic mass is 35.5. The molecule has 1 amide bonds. The maximum atomic E-state index is 12.2. The van der Waals surface area contributed by atoms with Crippen molar-refractivity contribution in [2.45, 2.75) is 6.42 Å². The van der Waals surface area contributed by atoms with Crippen molar-refractivity contribution < 1.29 is 14.1 Å². The second kappa shape index (κ2) is 8.31. The first-order chi connectivity index (χ1) is 12.6. The molecule has 0 radical (unpaired) electrons. The standard InChI is InChI=1S/C19H16ClN3O3/c1-25-16-9-8-14(20)11-15(16)21-18(24)12-17-22-19(26-23-17)10-7-13-5-3-2-4-6-13/h2-11H,12H2,1H3,(H,21,24)/b10-7+. The molecule has 132 valence electrons. The predicted octanol–water partition coefficient (Wildman–Crippen LogP) is 4.08. The quantitative estimate of drug-likeness (QED) is 0.708. The van der Waals surface area contributed by atoms with Crippen LogP contribution < -0.4 is 10.1 Å². The Kier molecular flexibility index (Phi) is 5.66. The number of nitrogens with zero attached hydrogens (tertiary/aromatic N) is 2. The van der Waals surface area contributed by atoms with Crippen LogP contribution in [0.2, 0.25) is 5.02 Å². The van der Waals surface area contributed by atoms with E-state index < -0.39 is 0 Å². The molecule has 0 fully saturated rings. The molecular weight excluding hydrogens is 354 g/mol. The van der Waals surface area contributed by atoms with Crippen molar-refractivity contribution in [3.8, 4) is 5.75 Å². The fourth-order valence-corrected chi connectivity index (χ4v) is 2.43. The highest BCUT2D eigenvalue weighted by Crippen LogP contribution is 2.27. The molecular formula is C19H16ClN3O3. The van der Waals surface area contributed by atoms with E-state index in [1.165, 1.54) is 7.11 Å². The summed E-state index contributed by atoms with van der Waals surface area (Å²) in [6.07, 6.45) is 3.52. The van der Waals surface area contributed by atoms with Gasteiger partial charge in [0.1, 0.15) is 5.75 Å². The van der Waals surface area contributed by atoms with Crippen LogP contribution >= 0.6 is 11.6 Å². The Morgan fingerprint density at radius 2 is 2.04 bits per heavy atom. The maximum Gasteiger partial charge on any atom is 0.250 e. The number of amides is 1. The number of halogens is 1. The van der Waals surface area contributed by atoms with Gasteiger partial charge < -0.3 is 14.6 Å². The van der Waals surface area contributed by atoms with E-state index in [0.29, 0.717) is 22.4 Å². The SMILES string of the molecule is COc1ccc(Cl)cc1NC(=O)Cc1noc(/C=C/c2ccccc2)n1. The minimum atomic E-state index is -0.301. The Balaban J connectivity index is 1.63. The summed E-state index contributed by atoms with van der Waals surface area (Å²) in [5.41, 5.74) is 1.50. The zero-order chi connectivity index (χ0) is 18.4. The molecule has 7 heteroatoms. The molecule has 0 atom stereocenters. The number of hydrogen-bond acceptors (Lipinski definition) is 5. The topological polar surface area (TPSA) is 77.2 Å². The number of nitrogens with one attached hydrogen (secondary N) is 1. The number of anilines is 1. The monoisotopic (exact) mass is 369 g/mol. The molecule has 0 saturated heterocycles. The van der Waals surface area contributed by atoms with Crippen molar-refractivity contribution in [1.29, 1.82) is 0 Å². The summed E-state index contributed by atoms with van der Waals surface area (Å²) in [6.45, 7) is 0. The van der Waals surface area contributed by atoms with Gasteiger partial charge in [-0.1, -0.05) is 47.1 Å². The van der Waals surface area contributed by atoms with E-state index in [1.807, 2.05) is 36.4 Å². The lowest BCUT2D eigenvalue weighted by Gasteiger charge is -2.09. The number of aromatic nitrogens is 2. The van der Waals surface area contributed by atoms with Gasteiger partial charge in [-0.25, -0.2) is 0 Å². The third-order valence-electron chi connectivity index (χ3n) is 3.46. The third-order valence-corrected chi connectivity index (χ3v) is 3.69. The lowest BCUT2D eigenvalue weighted by Crippen LogP contribution is -2.15. The molecule has 26 heavy (non-hydrogen) atoms. The van der Waals surface area contributed by atoms with Crippen LogP contribution in [0.15, 0.2) is 53.1 Å². The summed E-state index contributed by atoms with van der Waals surface area (Å²) in [6, 6.07) is 14.7. The smallest absolute Gasteiger partial charge is 0.250 e. The molecule has 0 aliphatic carbocycles. The Morgan fingerprint density at radius 1 is 1.23 bits per heavy atom. The zero-order valence-corrected chi connectivity index (χ0v) is 14.7. The van der Waals surface area contributed by atoms with Gasteiger partial charge in [-0.05, 0) is 29.8 Å². The van der Waals surface area contributed by atoms with Gasteiger partial charge in [0.2, 0.25) is 5.91 Å². The molecule has 1 aromatic heterocycles. The van der Waals surface area contributed by atoms with Gasteiger partial charge in [-0.3, -0.25) is 4.79 Å². The van der Waals surface area contributed by atoms with E-state index in [0.717, 1.165) is 5.56 Å². The van der Waals surface area contributed by atoms with Crippen LogP contribution in [-0.4, -0.2) is 23.2 Å². The number of carbonyl (C=O) groups excluding carboxylic acids is 1. The van der Waals surface area contributed by atoms with Crippen LogP contribution in [0.5, 0.6) is 5.75 Å². The van der Waals surface area contributed by atoms with E-state index in [-0.39, 0.29) is 18.2 Å². The number of rotatable bonds is 6. The summed E-state index contributed by atoms with van der Waals surface area (Å²) >= 11 is 5.95. The van der Waals surface area contributed by atoms with E-state index in [9.17, 15) is 4.79 Å². The molecule has 2 aromatic carbocycles. The van der Waals surface area contributed by atoms with Gasteiger partial charge in [-0.2, -0.15) is 4.98 Å². The van der Waals surface area contributed by atoms with Crippen LogP contribution in [0.4, 0.5) is 5.69 Å². The van der Waals surface area contributed by atoms with Crippen LogP contribution in [0.3, 0.4) is 0 Å². The van der Waals surface area contributed by atoms with Gasteiger partial charge in [0.05, 0.1) is 19.2 Å². The lowest BCUT2D eigenvalue weighted by molar-refractivity contribution is -0.115. The van der Waals surface area contributed by atoms with Gasteiger partial charge >= 0.3 is 0 Å². The van der Waals surface area contributed by atoms with Crippen molar-refractivity contribution in [1.82, 2.24) is 10.1 Å². The first-order valence-electron chi connectivity index (χ1n) is 7.83. The normalized spacial score (nSPS) is 10.8. The van der Waals surface area contributed by atoms with Gasteiger partial charge in [0.15, 0.2) is 5.82 Å². The number of methoxy groups -OCH3 is 1. The second-order valence-corrected chi connectivity index (χ2v) is 5.80.